The number of anilines is 1. The number of carbonyl (C=O) groups excluding carboxylic acids is 1. The molecular weight excluding hydrogens is 616 g/mol. The third-order valence-corrected chi connectivity index (χ3v) is 9.49. The lowest BCUT2D eigenvalue weighted by molar-refractivity contribution is -0.126. The number of pyridine rings is 2. The Bertz CT molecular complexity index is 1980. The summed E-state index contributed by atoms with van der Waals surface area (Å²) in [6.45, 7) is 7.69. The van der Waals surface area contributed by atoms with Crippen molar-refractivity contribution in [2.75, 3.05) is 38.6 Å². The van der Waals surface area contributed by atoms with Crippen LogP contribution in [0.25, 0.3) is 28.0 Å². The van der Waals surface area contributed by atoms with Gasteiger partial charge in [-0.05, 0) is 49.8 Å². The van der Waals surface area contributed by atoms with Gasteiger partial charge < -0.3 is 9.80 Å². The van der Waals surface area contributed by atoms with Gasteiger partial charge in [0.05, 0.1) is 21.7 Å². The fourth-order valence-electron chi connectivity index (χ4n) is 5.19. The normalized spacial score (nSPS) is 15.7. The molecule has 230 valence electrons. The van der Waals surface area contributed by atoms with Gasteiger partial charge in [0.1, 0.15) is 17.3 Å². The highest BCUT2D eigenvalue weighted by Crippen LogP contribution is 2.36. The van der Waals surface area contributed by atoms with E-state index in [1.54, 1.807) is 16.7 Å². The molecule has 0 bridgehead atoms. The van der Waals surface area contributed by atoms with Crippen molar-refractivity contribution in [3.8, 4) is 16.9 Å². The molecule has 4 aromatic rings. The van der Waals surface area contributed by atoms with Crippen molar-refractivity contribution < 1.29 is 22.0 Å². The number of carbonyl (C=O) groups is 1. The molecule has 1 atom stereocenters. The Morgan fingerprint density at radius 3 is 2.52 bits per heavy atom. The molecule has 1 aliphatic heterocycles. The fraction of sp³-hybridized carbons (Fsp3) is 0.276. The van der Waals surface area contributed by atoms with Gasteiger partial charge in [-0.3, -0.25) is 4.79 Å². The number of fused-ring (bicyclic) bond motifs is 1. The number of amides is 1. The maximum atomic E-state index is 15.9. The molecule has 3 aromatic heterocycles. The molecule has 1 amide bonds. The van der Waals surface area contributed by atoms with Crippen LogP contribution in [-0.2, 0) is 14.8 Å². The number of hydrogen-bond donors (Lipinski definition) is 0. The van der Waals surface area contributed by atoms with E-state index in [0.717, 1.165) is 21.0 Å². The second kappa shape index (κ2) is 11.7. The molecule has 5 rings (SSSR count). The molecule has 0 saturated carbocycles. The van der Waals surface area contributed by atoms with E-state index in [1.807, 2.05) is 6.92 Å². The van der Waals surface area contributed by atoms with Gasteiger partial charge >= 0.3 is 5.69 Å². The third-order valence-electron chi connectivity index (χ3n) is 7.43. The zero-order valence-electron chi connectivity index (χ0n) is 24.3. The first kappa shape index (κ1) is 31.2. The lowest BCUT2D eigenvalue weighted by Gasteiger charge is -2.40. The van der Waals surface area contributed by atoms with Gasteiger partial charge in [-0.2, -0.15) is 4.98 Å². The van der Waals surface area contributed by atoms with Crippen LogP contribution in [-0.4, -0.2) is 82.8 Å². The van der Waals surface area contributed by atoms with Crippen LogP contribution >= 0.6 is 11.6 Å². The molecular formula is C29H28ClF2N7O4S. The van der Waals surface area contributed by atoms with Gasteiger partial charge in [0.25, 0.3) is 10.0 Å². The quantitative estimate of drug-likeness (QED) is 0.293. The monoisotopic (exact) mass is 643 g/mol. The summed E-state index contributed by atoms with van der Waals surface area (Å²) in [6, 6.07) is 6.02. The molecule has 1 aromatic carbocycles. The Morgan fingerprint density at radius 2 is 1.89 bits per heavy atom. The van der Waals surface area contributed by atoms with Crippen LogP contribution in [0.2, 0.25) is 5.02 Å². The number of benzene rings is 1. The molecule has 0 N–H and O–H groups in total. The number of halogens is 3. The molecule has 1 fully saturated rings. The number of aryl methyl sites for hydroxylation is 1. The Labute approximate surface area is 257 Å². The predicted molar refractivity (Wildman–Crippen MR) is 162 cm³/mol. The number of aromatic nitrogens is 4. The highest BCUT2D eigenvalue weighted by atomic mass is 35.5. The molecule has 0 spiro atoms. The van der Waals surface area contributed by atoms with Crippen molar-refractivity contribution in [1.29, 1.82) is 0 Å². The summed E-state index contributed by atoms with van der Waals surface area (Å²) >= 11 is 6.27. The maximum absolute atomic E-state index is 15.9. The molecule has 0 unspecified atom stereocenters. The zero-order chi connectivity index (χ0) is 32.1. The highest BCUT2D eigenvalue weighted by molar-refractivity contribution is 7.89. The number of sulfonamides is 1. The van der Waals surface area contributed by atoms with Crippen LogP contribution in [0.4, 0.5) is 14.6 Å². The van der Waals surface area contributed by atoms with Gasteiger partial charge in [0, 0.05) is 46.0 Å². The summed E-state index contributed by atoms with van der Waals surface area (Å²) < 4.78 is 59.5. The average Bonchev–Trinajstić information content (AvgIpc) is 2.97. The van der Waals surface area contributed by atoms with E-state index in [2.05, 4.69) is 21.5 Å². The second-order valence-corrected chi connectivity index (χ2v) is 12.9. The topological polar surface area (TPSA) is 122 Å². The zero-order valence-corrected chi connectivity index (χ0v) is 25.8. The van der Waals surface area contributed by atoms with Gasteiger partial charge in [0.2, 0.25) is 5.91 Å². The van der Waals surface area contributed by atoms with Crippen molar-refractivity contribution in [3.63, 3.8) is 0 Å². The Morgan fingerprint density at radius 1 is 1.16 bits per heavy atom. The van der Waals surface area contributed by atoms with E-state index in [1.165, 1.54) is 44.6 Å². The molecule has 44 heavy (non-hydrogen) atoms. The van der Waals surface area contributed by atoms with Gasteiger partial charge in [-0.15, -0.1) is 0 Å². The summed E-state index contributed by atoms with van der Waals surface area (Å²) in [7, 11) is -1.58. The number of hydrogen-bond acceptors (Lipinski definition) is 8. The van der Waals surface area contributed by atoms with Gasteiger partial charge in [0.15, 0.2) is 16.5 Å². The van der Waals surface area contributed by atoms with E-state index in [-0.39, 0.29) is 64.7 Å². The minimum absolute atomic E-state index is 0.0464. The van der Waals surface area contributed by atoms with Crippen LogP contribution in [0, 0.1) is 18.6 Å². The Kier molecular flexibility index (Phi) is 8.27. The minimum atomic E-state index is -4.21. The van der Waals surface area contributed by atoms with E-state index >= 15 is 8.78 Å². The Hall–Kier alpha value is -4.27. The largest absolute Gasteiger partial charge is 0.355 e. The minimum Gasteiger partial charge on any atom is -0.350 e. The standard InChI is InChI=1S/C29H28ClF2N7O4S/c1-6-22(40)37-12-13-38(17(3)15-37)26-18-14-21(32)24(23-19(30)8-7-9-20(23)31)34-27(18)39(29(41)35-26)25-16(2)10-11-33-28(25)44(42,43)36(4)5/h6-11,14,17H,1,12-13,15H2,2-5H3/t17-/m0/s1. The van der Waals surface area contributed by atoms with Crippen LogP contribution in [0.15, 0.2) is 59.0 Å². The smallest absolute Gasteiger partial charge is 0.350 e. The summed E-state index contributed by atoms with van der Waals surface area (Å²) in [5.74, 6) is -1.99. The highest BCUT2D eigenvalue weighted by Gasteiger charge is 2.32. The Balaban J connectivity index is 1.87. The molecule has 1 aliphatic rings. The lowest BCUT2D eigenvalue weighted by Crippen LogP contribution is -2.54. The van der Waals surface area contributed by atoms with Crippen molar-refractivity contribution in [2.24, 2.45) is 0 Å². The summed E-state index contributed by atoms with van der Waals surface area (Å²) in [5.41, 5.74) is -1.76. The first-order valence-electron chi connectivity index (χ1n) is 13.4. The molecule has 11 nitrogen and oxygen atoms in total. The van der Waals surface area contributed by atoms with Crippen LogP contribution < -0.4 is 10.6 Å². The summed E-state index contributed by atoms with van der Waals surface area (Å²) in [5, 5.41) is -0.531. The molecule has 0 aliphatic carbocycles. The molecule has 4 heterocycles. The summed E-state index contributed by atoms with van der Waals surface area (Å²) in [4.78, 5) is 42.4. The van der Waals surface area contributed by atoms with E-state index < -0.39 is 38.1 Å². The van der Waals surface area contributed by atoms with Crippen molar-refractivity contribution in [1.82, 2.24) is 28.7 Å². The second-order valence-electron chi connectivity index (χ2n) is 10.4. The predicted octanol–water partition coefficient (Wildman–Crippen LogP) is 3.56. The van der Waals surface area contributed by atoms with Gasteiger partial charge in [-0.1, -0.05) is 24.2 Å². The number of piperazine rings is 1. The maximum Gasteiger partial charge on any atom is 0.355 e. The average molecular weight is 644 g/mol. The first-order valence-corrected chi connectivity index (χ1v) is 15.2. The van der Waals surface area contributed by atoms with Crippen molar-refractivity contribution >= 4 is 44.4 Å². The third kappa shape index (κ3) is 5.22. The summed E-state index contributed by atoms with van der Waals surface area (Å²) in [6.07, 6.45) is 2.50. The van der Waals surface area contributed by atoms with E-state index in [0.29, 0.717) is 5.56 Å². The number of nitrogens with zero attached hydrogens (tertiary/aromatic N) is 7. The molecule has 15 heteroatoms. The molecule has 0 radical (unpaired) electrons. The van der Waals surface area contributed by atoms with Crippen LogP contribution in [0.5, 0.6) is 0 Å². The van der Waals surface area contributed by atoms with Crippen molar-refractivity contribution in [3.05, 3.63) is 81.9 Å². The van der Waals surface area contributed by atoms with E-state index in [9.17, 15) is 18.0 Å². The van der Waals surface area contributed by atoms with Crippen LogP contribution in [0.1, 0.15) is 12.5 Å². The van der Waals surface area contributed by atoms with E-state index in [4.69, 9.17) is 11.6 Å². The first-order chi connectivity index (χ1) is 20.8. The van der Waals surface area contributed by atoms with Crippen molar-refractivity contribution in [2.45, 2.75) is 24.9 Å². The SMILES string of the molecule is C=CC(=O)N1CCN(c2nc(=O)n(-c3c(C)ccnc3S(=O)(=O)N(C)C)c3nc(-c4c(F)cccc4Cl)c(F)cc23)[C@@H](C)C1. The number of rotatable bonds is 6. The fourth-order valence-corrected chi connectivity index (χ4v) is 6.48. The van der Waals surface area contributed by atoms with Crippen LogP contribution in [0.3, 0.4) is 0 Å². The lowest BCUT2D eigenvalue weighted by atomic mass is 10.1. The molecule has 1 saturated heterocycles. The van der Waals surface area contributed by atoms with Gasteiger partial charge in [-0.25, -0.2) is 40.8 Å².